The van der Waals surface area contributed by atoms with Gasteiger partial charge < -0.3 is 15.1 Å². The van der Waals surface area contributed by atoms with Gasteiger partial charge in [-0.05, 0) is 26.0 Å². The number of hydrogen-bond acceptors (Lipinski definition) is 4. The van der Waals surface area contributed by atoms with Crippen molar-refractivity contribution >= 4 is 17.8 Å². The first-order valence-corrected chi connectivity index (χ1v) is 5.48. The predicted octanol–water partition coefficient (Wildman–Crippen LogP) is 0.310. The second-order valence-corrected chi connectivity index (χ2v) is 4.03. The number of aryl methyl sites for hydroxylation is 2. The second kappa shape index (κ2) is 5.94. The summed E-state index contributed by atoms with van der Waals surface area (Å²) < 4.78 is 0. The Bertz CT molecular complexity index is 511. The molecule has 0 aliphatic carbocycles. The Morgan fingerprint density at radius 2 is 1.63 bits per heavy atom. The quantitative estimate of drug-likeness (QED) is 0.794. The van der Waals surface area contributed by atoms with Crippen molar-refractivity contribution < 1.29 is 24.6 Å². The van der Waals surface area contributed by atoms with Crippen LogP contribution in [0.2, 0.25) is 0 Å². The van der Waals surface area contributed by atoms with E-state index in [1.165, 1.54) is 6.07 Å². The molecule has 0 bridgehead atoms. The van der Waals surface area contributed by atoms with E-state index in [2.05, 4.69) is 4.98 Å². The van der Waals surface area contributed by atoms with E-state index in [0.717, 1.165) is 10.6 Å². The monoisotopic (exact) mass is 266 g/mol. The van der Waals surface area contributed by atoms with Gasteiger partial charge in [-0.15, -0.1) is 0 Å². The maximum Gasteiger partial charge on any atom is 0.323 e. The molecule has 0 aromatic carbocycles. The summed E-state index contributed by atoms with van der Waals surface area (Å²) in [6.07, 6.45) is 0. The van der Waals surface area contributed by atoms with Crippen LogP contribution in [-0.2, 0) is 9.59 Å². The van der Waals surface area contributed by atoms with Crippen LogP contribution in [-0.4, -0.2) is 51.0 Å². The molecule has 0 atom stereocenters. The van der Waals surface area contributed by atoms with Gasteiger partial charge in [0.2, 0.25) is 0 Å². The van der Waals surface area contributed by atoms with Gasteiger partial charge in [-0.3, -0.25) is 19.4 Å². The Morgan fingerprint density at radius 3 is 2.05 bits per heavy atom. The first kappa shape index (κ1) is 14.6. The van der Waals surface area contributed by atoms with Gasteiger partial charge in [-0.1, -0.05) is 0 Å². The van der Waals surface area contributed by atoms with Crippen LogP contribution in [0.1, 0.15) is 21.7 Å². The van der Waals surface area contributed by atoms with Gasteiger partial charge in [0.1, 0.15) is 13.1 Å². The van der Waals surface area contributed by atoms with E-state index >= 15 is 0 Å². The fraction of sp³-hybridized carbons (Fsp3) is 0.333. The number of aliphatic carboxylic acids is 2. The topological polar surface area (TPSA) is 108 Å². The molecule has 1 amide bonds. The summed E-state index contributed by atoms with van der Waals surface area (Å²) in [5, 5.41) is 17.4. The molecule has 0 aliphatic heterocycles. The van der Waals surface area contributed by atoms with Crippen molar-refractivity contribution in [2.24, 2.45) is 0 Å². The highest BCUT2D eigenvalue weighted by Gasteiger charge is 2.22. The van der Waals surface area contributed by atoms with Crippen molar-refractivity contribution in [2.45, 2.75) is 13.8 Å². The molecule has 1 rings (SSSR count). The maximum absolute atomic E-state index is 12.1. The maximum atomic E-state index is 12.1. The molecule has 0 spiro atoms. The summed E-state index contributed by atoms with van der Waals surface area (Å²) in [6.45, 7) is 2.03. The highest BCUT2D eigenvalue weighted by molar-refractivity contribution is 5.98. The van der Waals surface area contributed by atoms with Crippen LogP contribution in [0.25, 0.3) is 0 Å². The van der Waals surface area contributed by atoms with Gasteiger partial charge in [0.25, 0.3) is 5.91 Å². The minimum absolute atomic E-state index is 0.202. The number of rotatable bonds is 5. The lowest BCUT2D eigenvalue weighted by atomic mass is 10.1. The van der Waals surface area contributed by atoms with Gasteiger partial charge in [-0.2, -0.15) is 0 Å². The number of amides is 1. The van der Waals surface area contributed by atoms with E-state index in [1.807, 2.05) is 0 Å². The number of carboxylic acids is 2. The van der Waals surface area contributed by atoms with Crippen molar-refractivity contribution in [2.75, 3.05) is 13.1 Å². The largest absolute Gasteiger partial charge is 0.480 e. The van der Waals surface area contributed by atoms with Crippen molar-refractivity contribution in [3.63, 3.8) is 0 Å². The zero-order valence-electron chi connectivity index (χ0n) is 10.6. The third-order valence-corrected chi connectivity index (χ3v) is 2.39. The lowest BCUT2D eigenvalue weighted by Crippen LogP contribution is -2.39. The van der Waals surface area contributed by atoms with E-state index in [0.29, 0.717) is 5.69 Å². The molecule has 19 heavy (non-hydrogen) atoms. The third-order valence-electron chi connectivity index (χ3n) is 2.39. The fourth-order valence-electron chi connectivity index (χ4n) is 1.61. The zero-order valence-corrected chi connectivity index (χ0v) is 10.6. The average molecular weight is 266 g/mol. The number of aromatic nitrogens is 1. The molecule has 7 nitrogen and oxygen atoms in total. The first-order valence-electron chi connectivity index (χ1n) is 5.48. The molecule has 7 heteroatoms. The zero-order chi connectivity index (χ0) is 14.6. The summed E-state index contributed by atoms with van der Waals surface area (Å²) in [6, 6.07) is 3.12. The molecular weight excluding hydrogens is 252 g/mol. The normalized spacial score (nSPS) is 10.0. The SMILES string of the molecule is Cc1ccc(C(=O)N(CC(=O)O)CC(=O)O)c(C)n1. The Labute approximate surface area is 109 Å². The molecule has 2 N–H and O–H groups in total. The molecule has 102 valence electrons. The van der Waals surface area contributed by atoms with Crippen LogP contribution in [0.3, 0.4) is 0 Å². The summed E-state index contributed by atoms with van der Waals surface area (Å²) in [4.78, 5) is 38.3. The third kappa shape index (κ3) is 4.06. The molecule has 1 aromatic heterocycles. The lowest BCUT2D eigenvalue weighted by Gasteiger charge is -2.19. The Kier molecular flexibility index (Phi) is 4.57. The second-order valence-electron chi connectivity index (χ2n) is 4.03. The van der Waals surface area contributed by atoms with Gasteiger partial charge in [0.15, 0.2) is 0 Å². The Morgan fingerprint density at radius 1 is 1.11 bits per heavy atom. The van der Waals surface area contributed by atoms with E-state index in [1.54, 1.807) is 19.9 Å². The van der Waals surface area contributed by atoms with Gasteiger partial charge >= 0.3 is 11.9 Å². The number of carbonyl (C=O) groups is 3. The molecular formula is C12H14N2O5. The molecule has 0 saturated heterocycles. The number of nitrogens with zero attached hydrogens (tertiary/aromatic N) is 2. The first-order chi connectivity index (χ1) is 8.81. The van der Waals surface area contributed by atoms with Crippen LogP contribution >= 0.6 is 0 Å². The standard InChI is InChI=1S/C12H14N2O5/c1-7-3-4-9(8(2)13-7)12(19)14(5-10(15)16)6-11(17)18/h3-4H,5-6H2,1-2H3,(H,15,16)(H,17,18). The summed E-state index contributed by atoms with van der Waals surface area (Å²) >= 11 is 0. The Balaban J connectivity index is 3.04. The minimum Gasteiger partial charge on any atom is -0.480 e. The van der Waals surface area contributed by atoms with Crippen molar-refractivity contribution in [1.82, 2.24) is 9.88 Å². The van der Waals surface area contributed by atoms with E-state index < -0.39 is 30.9 Å². The van der Waals surface area contributed by atoms with Crippen LogP contribution < -0.4 is 0 Å². The molecule has 0 saturated carbocycles. The molecule has 0 radical (unpaired) electrons. The fourth-order valence-corrected chi connectivity index (χ4v) is 1.61. The molecule has 0 fully saturated rings. The lowest BCUT2D eigenvalue weighted by molar-refractivity contribution is -0.140. The van der Waals surface area contributed by atoms with E-state index in [4.69, 9.17) is 10.2 Å². The van der Waals surface area contributed by atoms with Crippen molar-refractivity contribution in [1.29, 1.82) is 0 Å². The van der Waals surface area contributed by atoms with Crippen LogP contribution in [0.15, 0.2) is 12.1 Å². The van der Waals surface area contributed by atoms with E-state index in [9.17, 15) is 14.4 Å². The van der Waals surface area contributed by atoms with Crippen molar-refractivity contribution in [3.8, 4) is 0 Å². The molecule has 0 unspecified atom stereocenters. The Hall–Kier alpha value is -2.44. The van der Waals surface area contributed by atoms with Gasteiger partial charge in [0, 0.05) is 5.69 Å². The molecule has 0 aliphatic rings. The number of carboxylic acid groups (broad SMARTS) is 2. The van der Waals surface area contributed by atoms with E-state index in [-0.39, 0.29) is 5.56 Å². The highest BCUT2D eigenvalue weighted by Crippen LogP contribution is 2.10. The van der Waals surface area contributed by atoms with Crippen molar-refractivity contribution in [3.05, 3.63) is 29.1 Å². The number of hydrogen-bond donors (Lipinski definition) is 2. The minimum atomic E-state index is -1.27. The summed E-state index contributed by atoms with van der Waals surface area (Å²) in [5.41, 5.74) is 1.36. The van der Waals surface area contributed by atoms with Crippen LogP contribution in [0, 0.1) is 13.8 Å². The average Bonchev–Trinajstić information content (AvgIpc) is 2.26. The number of pyridine rings is 1. The summed E-state index contributed by atoms with van der Waals surface area (Å²) in [5.74, 6) is -3.20. The van der Waals surface area contributed by atoms with Crippen LogP contribution in [0.5, 0.6) is 0 Å². The van der Waals surface area contributed by atoms with Crippen LogP contribution in [0.4, 0.5) is 0 Å². The predicted molar refractivity (Wildman–Crippen MR) is 64.9 cm³/mol. The van der Waals surface area contributed by atoms with Gasteiger partial charge in [-0.25, -0.2) is 0 Å². The summed E-state index contributed by atoms with van der Waals surface area (Å²) in [7, 11) is 0. The molecule has 1 heterocycles. The highest BCUT2D eigenvalue weighted by atomic mass is 16.4. The smallest absolute Gasteiger partial charge is 0.323 e. The molecule has 1 aromatic rings. The number of carbonyl (C=O) groups excluding carboxylic acids is 1. The van der Waals surface area contributed by atoms with Gasteiger partial charge in [0.05, 0.1) is 11.3 Å².